The minimum absolute atomic E-state index is 0.00579. The molecule has 0 aromatic heterocycles. The van der Waals surface area contributed by atoms with Gasteiger partial charge in [-0.15, -0.1) is 0 Å². The Balaban J connectivity index is 3.09. The van der Waals surface area contributed by atoms with Crippen LogP contribution in [0.1, 0.15) is 53.9 Å². The molecule has 3 nitrogen and oxygen atoms in total. The molecule has 0 aromatic carbocycles. The van der Waals surface area contributed by atoms with Crippen molar-refractivity contribution in [3.8, 4) is 0 Å². The lowest BCUT2D eigenvalue weighted by Crippen LogP contribution is -2.47. The van der Waals surface area contributed by atoms with E-state index >= 15 is 0 Å². The van der Waals surface area contributed by atoms with Gasteiger partial charge in [0, 0.05) is 6.42 Å². The summed E-state index contributed by atoms with van der Waals surface area (Å²) in [5.74, 6) is -0.363. The molecule has 0 aliphatic carbocycles. The van der Waals surface area contributed by atoms with E-state index in [4.69, 9.17) is 4.74 Å². The Morgan fingerprint density at radius 3 is 2.00 bits per heavy atom. The molecule has 0 radical (unpaired) electrons. The Morgan fingerprint density at radius 2 is 1.63 bits per heavy atom. The van der Waals surface area contributed by atoms with E-state index in [0.717, 1.165) is 11.1 Å². The molecule has 1 aliphatic heterocycles. The number of carbonyl (C=O) groups excluding carboxylic acids is 2. The van der Waals surface area contributed by atoms with Gasteiger partial charge in [0.25, 0.3) is 0 Å². The number of Topliss-reactive ketones (excluding diaryl/α,β-unsaturated/α-hetero) is 1. The Bertz CT molecular complexity index is 381. The highest BCUT2D eigenvalue weighted by atomic mass is 16.5. The van der Waals surface area contributed by atoms with Gasteiger partial charge < -0.3 is 4.74 Å². The van der Waals surface area contributed by atoms with E-state index in [1.165, 1.54) is 0 Å². The van der Waals surface area contributed by atoms with Crippen molar-refractivity contribution in [1.82, 2.24) is 0 Å². The van der Waals surface area contributed by atoms with Crippen LogP contribution in [0.3, 0.4) is 0 Å². The maximum atomic E-state index is 12.4. The number of esters is 1. The Labute approximate surface area is 115 Å². The first-order valence-corrected chi connectivity index (χ1v) is 6.79. The van der Waals surface area contributed by atoms with Gasteiger partial charge >= 0.3 is 5.97 Å². The third kappa shape index (κ3) is 3.79. The second-order valence-corrected chi connectivity index (χ2v) is 5.90. The number of rotatable bonds is 4. The molecule has 1 heterocycles. The van der Waals surface area contributed by atoms with Crippen molar-refractivity contribution < 1.29 is 14.3 Å². The molecule has 1 rings (SSSR count). The highest BCUT2D eigenvalue weighted by Gasteiger charge is 2.49. The van der Waals surface area contributed by atoms with Gasteiger partial charge in [0.15, 0.2) is 5.78 Å². The molecular formula is C16H24O3. The molecule has 1 saturated heterocycles. The average molecular weight is 264 g/mol. The predicted molar refractivity (Wildman–Crippen MR) is 75.7 cm³/mol. The molecule has 1 unspecified atom stereocenters. The summed E-state index contributed by atoms with van der Waals surface area (Å²) in [6.45, 7) is 9.64. The van der Waals surface area contributed by atoms with Gasteiger partial charge in [0.1, 0.15) is 11.5 Å². The zero-order chi connectivity index (χ0) is 14.6. The summed E-state index contributed by atoms with van der Waals surface area (Å²) in [7, 11) is 0. The molecule has 0 amide bonds. The summed E-state index contributed by atoms with van der Waals surface area (Å²) in [6, 6.07) is 0. The van der Waals surface area contributed by atoms with E-state index in [1.807, 2.05) is 39.8 Å². The molecule has 19 heavy (non-hydrogen) atoms. The van der Waals surface area contributed by atoms with E-state index < -0.39 is 5.41 Å². The number of cyclic esters (lactones) is 1. The van der Waals surface area contributed by atoms with Gasteiger partial charge in [-0.05, 0) is 47.5 Å². The van der Waals surface area contributed by atoms with Crippen LogP contribution in [0.15, 0.2) is 23.3 Å². The predicted octanol–water partition coefficient (Wildman–Crippen LogP) is 3.59. The molecule has 1 aliphatic rings. The lowest BCUT2D eigenvalue weighted by molar-refractivity contribution is -0.172. The van der Waals surface area contributed by atoms with Gasteiger partial charge in [0.05, 0.1) is 0 Å². The third-order valence-corrected chi connectivity index (χ3v) is 3.42. The lowest BCUT2D eigenvalue weighted by Gasteiger charge is -2.35. The van der Waals surface area contributed by atoms with Crippen molar-refractivity contribution in [3.63, 3.8) is 0 Å². The summed E-state index contributed by atoms with van der Waals surface area (Å²) in [6.07, 6.45) is 4.79. The number of ketones is 1. The molecule has 1 fully saturated rings. The molecule has 106 valence electrons. The summed E-state index contributed by atoms with van der Waals surface area (Å²) in [5.41, 5.74) is 1.20. The van der Waals surface area contributed by atoms with E-state index in [9.17, 15) is 9.59 Å². The van der Waals surface area contributed by atoms with Crippen LogP contribution in [-0.2, 0) is 14.3 Å². The second kappa shape index (κ2) is 6.18. The van der Waals surface area contributed by atoms with Crippen molar-refractivity contribution in [3.05, 3.63) is 23.3 Å². The van der Waals surface area contributed by atoms with Crippen molar-refractivity contribution in [1.29, 1.82) is 0 Å². The topological polar surface area (TPSA) is 43.4 Å². The first-order valence-electron chi connectivity index (χ1n) is 6.79. The summed E-state index contributed by atoms with van der Waals surface area (Å²) >= 11 is 0. The third-order valence-electron chi connectivity index (χ3n) is 3.42. The fourth-order valence-corrected chi connectivity index (χ4v) is 2.14. The minimum Gasteiger partial charge on any atom is -0.461 e. The molecule has 0 saturated carbocycles. The van der Waals surface area contributed by atoms with Crippen molar-refractivity contribution in [2.24, 2.45) is 5.41 Å². The molecule has 0 bridgehead atoms. The Kier molecular flexibility index (Phi) is 5.10. The first kappa shape index (κ1) is 15.7. The smallest absolute Gasteiger partial charge is 0.320 e. The highest BCUT2D eigenvalue weighted by molar-refractivity contribution is 6.06. The fraction of sp³-hybridized carbons (Fsp3) is 0.625. The summed E-state index contributed by atoms with van der Waals surface area (Å²) in [4.78, 5) is 24.7. The van der Waals surface area contributed by atoms with Crippen molar-refractivity contribution in [2.75, 3.05) is 0 Å². The first-order chi connectivity index (χ1) is 8.78. The molecule has 3 heteroatoms. The normalized spacial score (nSPS) is 21.6. The largest absolute Gasteiger partial charge is 0.461 e. The summed E-state index contributed by atoms with van der Waals surface area (Å²) < 4.78 is 5.32. The van der Waals surface area contributed by atoms with Crippen molar-refractivity contribution >= 4 is 11.8 Å². The Hall–Kier alpha value is -1.38. The highest BCUT2D eigenvalue weighted by Crippen LogP contribution is 2.37. The van der Waals surface area contributed by atoms with E-state index in [-0.39, 0.29) is 17.9 Å². The van der Waals surface area contributed by atoms with Crippen LogP contribution in [0.2, 0.25) is 0 Å². The number of ether oxygens (including phenoxy) is 1. The van der Waals surface area contributed by atoms with E-state index in [2.05, 4.69) is 0 Å². The van der Waals surface area contributed by atoms with Crippen LogP contribution in [0.4, 0.5) is 0 Å². The van der Waals surface area contributed by atoms with Gasteiger partial charge in [-0.1, -0.05) is 23.3 Å². The average Bonchev–Trinajstić information content (AvgIpc) is 2.26. The maximum Gasteiger partial charge on any atom is 0.320 e. The SMILES string of the molecule is CC(C)=CCC1(CC=C(C)C)C(=O)CC(C)OC1=O. The van der Waals surface area contributed by atoms with Crippen molar-refractivity contribution in [2.45, 2.75) is 60.0 Å². The van der Waals surface area contributed by atoms with Gasteiger partial charge in [-0.2, -0.15) is 0 Å². The van der Waals surface area contributed by atoms with Gasteiger partial charge in [-0.25, -0.2) is 0 Å². The van der Waals surface area contributed by atoms with Crippen LogP contribution >= 0.6 is 0 Å². The summed E-state index contributed by atoms with van der Waals surface area (Å²) in [5, 5.41) is 0. The van der Waals surface area contributed by atoms with Crippen LogP contribution in [0, 0.1) is 5.41 Å². The molecule has 0 aromatic rings. The molecular weight excluding hydrogens is 240 g/mol. The quantitative estimate of drug-likeness (QED) is 0.443. The number of carbonyl (C=O) groups is 2. The molecule has 1 atom stereocenters. The molecule has 0 N–H and O–H groups in total. The number of hydrogen-bond donors (Lipinski definition) is 0. The number of hydrogen-bond acceptors (Lipinski definition) is 3. The van der Waals surface area contributed by atoms with Crippen LogP contribution in [-0.4, -0.2) is 17.9 Å². The monoisotopic (exact) mass is 264 g/mol. The van der Waals surface area contributed by atoms with Crippen LogP contribution < -0.4 is 0 Å². The van der Waals surface area contributed by atoms with E-state index in [0.29, 0.717) is 19.3 Å². The van der Waals surface area contributed by atoms with Gasteiger partial charge in [-0.3, -0.25) is 9.59 Å². The van der Waals surface area contributed by atoms with Crippen LogP contribution in [0.25, 0.3) is 0 Å². The van der Waals surface area contributed by atoms with Gasteiger partial charge in [0.2, 0.25) is 0 Å². The van der Waals surface area contributed by atoms with Crippen LogP contribution in [0.5, 0.6) is 0 Å². The zero-order valence-electron chi connectivity index (χ0n) is 12.6. The zero-order valence-corrected chi connectivity index (χ0v) is 12.6. The Morgan fingerprint density at radius 1 is 1.16 bits per heavy atom. The minimum atomic E-state index is -1.01. The number of allylic oxidation sites excluding steroid dienone is 4. The lowest BCUT2D eigenvalue weighted by atomic mass is 9.73. The molecule has 0 spiro atoms. The maximum absolute atomic E-state index is 12.4. The van der Waals surface area contributed by atoms with E-state index in [1.54, 1.807) is 6.92 Å². The standard InChI is InChI=1S/C16H24O3/c1-11(2)6-8-16(9-7-12(3)4)14(17)10-13(5)19-15(16)18/h6-7,13H,8-10H2,1-5H3. The second-order valence-electron chi connectivity index (χ2n) is 5.90. The fourth-order valence-electron chi connectivity index (χ4n) is 2.14.